The summed E-state index contributed by atoms with van der Waals surface area (Å²) in [6.07, 6.45) is 0. The maximum atomic E-state index is 9.21. The van der Waals surface area contributed by atoms with Gasteiger partial charge in [-0.05, 0) is 60.7 Å². The molecule has 0 unspecified atom stereocenters. The number of phenolic OH excluding ortho intramolecular Hbond substituents is 1. The molecule has 0 spiro atoms. The highest BCUT2D eigenvalue weighted by molar-refractivity contribution is 5.48. The molecule has 0 saturated heterocycles. The van der Waals surface area contributed by atoms with Crippen molar-refractivity contribution in [2.24, 2.45) is 20.5 Å². The molecule has 3 aromatic carbocycles. The predicted molar refractivity (Wildman–Crippen MR) is 89.3 cm³/mol. The molecule has 0 aliphatic rings. The average Bonchev–Trinajstić information content (AvgIpc) is 2.61. The Labute approximate surface area is 133 Å². The summed E-state index contributed by atoms with van der Waals surface area (Å²) in [5.41, 5.74) is 2.95. The van der Waals surface area contributed by atoms with Crippen LogP contribution in [0.3, 0.4) is 0 Å². The maximum Gasteiger partial charge on any atom is 0.115 e. The fourth-order valence-corrected chi connectivity index (χ4v) is 1.83. The lowest BCUT2D eigenvalue weighted by molar-refractivity contribution is 0.475. The number of hydrogen-bond donors (Lipinski definition) is 1. The first-order chi connectivity index (χ1) is 11.3. The Kier molecular flexibility index (Phi) is 4.49. The second-order valence-corrected chi connectivity index (χ2v) is 4.77. The van der Waals surface area contributed by atoms with Gasteiger partial charge in [-0.1, -0.05) is 18.2 Å². The molecular formula is C18H14N4O. The summed E-state index contributed by atoms with van der Waals surface area (Å²) in [5, 5.41) is 25.8. The van der Waals surface area contributed by atoms with Gasteiger partial charge >= 0.3 is 0 Å². The van der Waals surface area contributed by atoms with Gasteiger partial charge in [0.15, 0.2) is 0 Å². The van der Waals surface area contributed by atoms with E-state index in [1.807, 2.05) is 54.6 Å². The summed E-state index contributed by atoms with van der Waals surface area (Å²) in [6, 6.07) is 23.4. The molecule has 1 N–H and O–H groups in total. The van der Waals surface area contributed by atoms with Crippen molar-refractivity contribution in [3.8, 4) is 5.75 Å². The Balaban J connectivity index is 1.67. The van der Waals surface area contributed by atoms with Gasteiger partial charge in [0.1, 0.15) is 5.75 Å². The van der Waals surface area contributed by atoms with Crippen molar-refractivity contribution in [1.82, 2.24) is 0 Å². The molecule has 112 valence electrons. The fraction of sp³-hybridized carbons (Fsp3) is 0. The predicted octanol–water partition coefficient (Wildman–Crippen LogP) is 6.22. The summed E-state index contributed by atoms with van der Waals surface area (Å²) in [5.74, 6) is 0.206. The van der Waals surface area contributed by atoms with Crippen LogP contribution in [-0.4, -0.2) is 5.11 Å². The lowest BCUT2D eigenvalue weighted by Crippen LogP contribution is -1.67. The van der Waals surface area contributed by atoms with E-state index in [-0.39, 0.29) is 5.75 Å². The van der Waals surface area contributed by atoms with Crippen molar-refractivity contribution in [2.75, 3.05) is 0 Å². The van der Waals surface area contributed by atoms with E-state index in [4.69, 9.17) is 0 Å². The third-order valence-corrected chi connectivity index (χ3v) is 3.02. The van der Waals surface area contributed by atoms with Crippen LogP contribution in [0.2, 0.25) is 0 Å². The molecule has 23 heavy (non-hydrogen) atoms. The average molecular weight is 302 g/mol. The smallest absolute Gasteiger partial charge is 0.115 e. The minimum absolute atomic E-state index is 0.206. The molecule has 0 aromatic heterocycles. The van der Waals surface area contributed by atoms with Gasteiger partial charge in [0.25, 0.3) is 0 Å². The summed E-state index contributed by atoms with van der Waals surface area (Å²) in [6.45, 7) is 0. The molecule has 0 atom stereocenters. The monoisotopic (exact) mass is 302 g/mol. The van der Waals surface area contributed by atoms with E-state index >= 15 is 0 Å². The number of aromatic hydroxyl groups is 1. The van der Waals surface area contributed by atoms with E-state index < -0.39 is 0 Å². The standard InChI is InChI=1S/C18H14N4O/c23-18-12-10-17(11-13-18)22-21-16-8-6-15(7-9-16)20-19-14-4-2-1-3-5-14/h1-13,23H. The normalized spacial score (nSPS) is 11.3. The molecule has 0 aliphatic carbocycles. The van der Waals surface area contributed by atoms with Gasteiger partial charge in [-0.2, -0.15) is 20.5 Å². The Morgan fingerprint density at radius 2 is 0.783 bits per heavy atom. The molecule has 0 heterocycles. The van der Waals surface area contributed by atoms with Crippen molar-refractivity contribution >= 4 is 22.7 Å². The van der Waals surface area contributed by atoms with Crippen LogP contribution in [0.4, 0.5) is 22.7 Å². The first-order valence-corrected chi connectivity index (χ1v) is 7.07. The summed E-state index contributed by atoms with van der Waals surface area (Å²) in [4.78, 5) is 0. The molecule has 5 heteroatoms. The molecule has 0 fully saturated rings. The molecule has 3 aromatic rings. The highest BCUT2D eigenvalue weighted by Gasteiger charge is 1.94. The van der Waals surface area contributed by atoms with Crippen LogP contribution >= 0.6 is 0 Å². The van der Waals surface area contributed by atoms with E-state index in [9.17, 15) is 5.11 Å². The molecule has 0 amide bonds. The Bertz CT molecular complexity index is 810. The van der Waals surface area contributed by atoms with Crippen LogP contribution < -0.4 is 0 Å². The summed E-state index contributed by atoms with van der Waals surface area (Å²) < 4.78 is 0. The second-order valence-electron chi connectivity index (χ2n) is 4.77. The fourth-order valence-electron chi connectivity index (χ4n) is 1.83. The van der Waals surface area contributed by atoms with Gasteiger partial charge < -0.3 is 5.11 Å². The van der Waals surface area contributed by atoms with Crippen molar-refractivity contribution in [3.05, 3.63) is 78.9 Å². The van der Waals surface area contributed by atoms with E-state index in [1.54, 1.807) is 24.3 Å². The van der Waals surface area contributed by atoms with Gasteiger partial charge in [0, 0.05) is 0 Å². The lowest BCUT2D eigenvalue weighted by atomic mass is 10.3. The van der Waals surface area contributed by atoms with E-state index in [1.165, 1.54) is 0 Å². The van der Waals surface area contributed by atoms with Crippen LogP contribution in [-0.2, 0) is 0 Å². The first-order valence-electron chi connectivity index (χ1n) is 7.07. The molecule has 0 aliphatic heterocycles. The highest BCUT2D eigenvalue weighted by Crippen LogP contribution is 2.24. The van der Waals surface area contributed by atoms with Crippen LogP contribution in [0.5, 0.6) is 5.75 Å². The first kappa shape index (κ1) is 14.6. The zero-order valence-corrected chi connectivity index (χ0v) is 12.2. The van der Waals surface area contributed by atoms with Crippen molar-refractivity contribution in [2.45, 2.75) is 0 Å². The lowest BCUT2D eigenvalue weighted by Gasteiger charge is -1.96. The molecule has 3 rings (SSSR count). The molecule has 0 bridgehead atoms. The number of hydrogen-bond acceptors (Lipinski definition) is 5. The van der Waals surface area contributed by atoms with Gasteiger partial charge in [0.05, 0.1) is 22.7 Å². The Morgan fingerprint density at radius 1 is 0.435 bits per heavy atom. The third kappa shape index (κ3) is 4.31. The Morgan fingerprint density at radius 3 is 1.22 bits per heavy atom. The molecular weight excluding hydrogens is 288 g/mol. The van der Waals surface area contributed by atoms with Gasteiger partial charge in [-0.15, -0.1) is 0 Å². The van der Waals surface area contributed by atoms with Gasteiger partial charge in [-0.3, -0.25) is 0 Å². The van der Waals surface area contributed by atoms with E-state index in [0.29, 0.717) is 5.69 Å². The highest BCUT2D eigenvalue weighted by atomic mass is 16.3. The SMILES string of the molecule is Oc1ccc(N=Nc2ccc(N=Nc3ccccc3)cc2)cc1. The van der Waals surface area contributed by atoms with Crippen molar-refractivity contribution in [3.63, 3.8) is 0 Å². The zero-order valence-electron chi connectivity index (χ0n) is 12.2. The van der Waals surface area contributed by atoms with Crippen LogP contribution in [0, 0.1) is 0 Å². The number of benzene rings is 3. The van der Waals surface area contributed by atoms with Crippen molar-refractivity contribution < 1.29 is 5.11 Å². The van der Waals surface area contributed by atoms with E-state index in [0.717, 1.165) is 17.1 Å². The van der Waals surface area contributed by atoms with Crippen LogP contribution in [0.25, 0.3) is 0 Å². The maximum absolute atomic E-state index is 9.21. The minimum Gasteiger partial charge on any atom is -0.508 e. The van der Waals surface area contributed by atoms with Crippen LogP contribution in [0.1, 0.15) is 0 Å². The zero-order chi connectivity index (χ0) is 15.9. The largest absolute Gasteiger partial charge is 0.508 e. The topological polar surface area (TPSA) is 69.7 Å². The molecule has 5 nitrogen and oxygen atoms in total. The van der Waals surface area contributed by atoms with E-state index in [2.05, 4.69) is 20.5 Å². The van der Waals surface area contributed by atoms with Gasteiger partial charge in [-0.25, -0.2) is 0 Å². The number of phenols is 1. The number of azo groups is 2. The molecule has 0 radical (unpaired) electrons. The van der Waals surface area contributed by atoms with Crippen molar-refractivity contribution in [1.29, 1.82) is 0 Å². The Hall–Kier alpha value is -3.34. The minimum atomic E-state index is 0.206. The quantitative estimate of drug-likeness (QED) is 0.571. The summed E-state index contributed by atoms with van der Waals surface area (Å²) in [7, 11) is 0. The molecule has 0 saturated carbocycles. The summed E-state index contributed by atoms with van der Waals surface area (Å²) >= 11 is 0. The second kappa shape index (κ2) is 7.09. The third-order valence-electron chi connectivity index (χ3n) is 3.02. The number of nitrogens with zero attached hydrogens (tertiary/aromatic N) is 4. The van der Waals surface area contributed by atoms with Gasteiger partial charge in [0.2, 0.25) is 0 Å². The van der Waals surface area contributed by atoms with Crippen LogP contribution in [0.15, 0.2) is 99.3 Å². The number of rotatable bonds is 4.